The number of nitrogen functional groups attached to an aromatic ring is 1. The van der Waals surface area contributed by atoms with Crippen LogP contribution in [-0.4, -0.2) is 29.7 Å². The molecule has 0 spiro atoms. The molecule has 86 valence electrons. The van der Waals surface area contributed by atoms with Gasteiger partial charge in [0, 0.05) is 18.5 Å². The van der Waals surface area contributed by atoms with Crippen molar-refractivity contribution in [3.05, 3.63) is 17.6 Å². The van der Waals surface area contributed by atoms with Crippen molar-refractivity contribution in [2.75, 3.05) is 25.5 Å². The maximum atomic E-state index is 5.81. The van der Waals surface area contributed by atoms with Crippen LogP contribution in [-0.2, 0) is 4.74 Å². The van der Waals surface area contributed by atoms with Crippen molar-refractivity contribution in [2.45, 2.75) is 24.8 Å². The van der Waals surface area contributed by atoms with Gasteiger partial charge in [0.25, 0.3) is 0 Å². The van der Waals surface area contributed by atoms with E-state index in [2.05, 4.69) is 15.3 Å². The van der Waals surface area contributed by atoms with Crippen LogP contribution in [0.1, 0.15) is 36.3 Å². The Balaban J connectivity index is 1.86. The van der Waals surface area contributed by atoms with Crippen LogP contribution >= 0.6 is 0 Å². The third-order valence-corrected chi connectivity index (χ3v) is 3.00. The van der Waals surface area contributed by atoms with Crippen molar-refractivity contribution in [3.8, 4) is 0 Å². The topological polar surface area (TPSA) is 73.1 Å². The Labute approximate surface area is 94.4 Å². The molecule has 2 heterocycles. The fourth-order valence-corrected chi connectivity index (χ4v) is 1.96. The largest absolute Gasteiger partial charge is 0.384 e. The van der Waals surface area contributed by atoms with Crippen molar-refractivity contribution in [2.24, 2.45) is 0 Å². The second kappa shape index (κ2) is 3.99. The molecule has 2 aliphatic rings. The number of anilines is 1. The predicted octanol–water partition coefficient (Wildman–Crippen LogP) is 0.597. The van der Waals surface area contributed by atoms with E-state index in [4.69, 9.17) is 10.5 Å². The lowest BCUT2D eigenvalue weighted by molar-refractivity contribution is 0.0755. The summed E-state index contributed by atoms with van der Waals surface area (Å²) >= 11 is 0. The Kier molecular flexibility index (Phi) is 2.49. The highest BCUT2D eigenvalue weighted by Gasteiger charge is 2.28. The molecule has 1 saturated heterocycles. The molecule has 0 bridgehead atoms. The van der Waals surface area contributed by atoms with Crippen LogP contribution in [0.3, 0.4) is 0 Å². The molecule has 16 heavy (non-hydrogen) atoms. The molecule has 0 amide bonds. The van der Waals surface area contributed by atoms with Gasteiger partial charge in [0.15, 0.2) is 0 Å². The molecular weight excluding hydrogens is 204 g/mol. The summed E-state index contributed by atoms with van der Waals surface area (Å²) in [6, 6.07) is 2.01. The fourth-order valence-electron chi connectivity index (χ4n) is 1.96. The number of hydrogen-bond donors (Lipinski definition) is 2. The third kappa shape index (κ3) is 2.01. The molecule has 0 aromatic carbocycles. The summed E-state index contributed by atoms with van der Waals surface area (Å²) in [5.74, 6) is 2.01. The van der Waals surface area contributed by atoms with Crippen LogP contribution in [0.2, 0.25) is 0 Å². The Morgan fingerprint density at radius 2 is 2.25 bits per heavy atom. The zero-order chi connectivity index (χ0) is 11.0. The molecule has 1 atom stereocenters. The summed E-state index contributed by atoms with van der Waals surface area (Å²) in [6.07, 6.45) is 2.38. The second-order valence-electron chi connectivity index (χ2n) is 4.43. The minimum atomic E-state index is 0.163. The van der Waals surface area contributed by atoms with Gasteiger partial charge in [-0.1, -0.05) is 0 Å². The fraction of sp³-hybridized carbons (Fsp3) is 0.636. The van der Waals surface area contributed by atoms with Gasteiger partial charge in [-0.3, -0.25) is 0 Å². The van der Waals surface area contributed by atoms with E-state index < -0.39 is 0 Å². The van der Waals surface area contributed by atoms with E-state index in [0.29, 0.717) is 18.3 Å². The number of nitrogens with two attached hydrogens (primary N) is 1. The van der Waals surface area contributed by atoms with Crippen LogP contribution in [0.25, 0.3) is 0 Å². The molecule has 1 aromatic rings. The average Bonchev–Trinajstić information content (AvgIpc) is 3.13. The number of nitrogens with zero attached hydrogens (tertiary/aromatic N) is 2. The van der Waals surface area contributed by atoms with Gasteiger partial charge in [-0.2, -0.15) is 0 Å². The standard InChI is InChI=1S/C11H16N4O/c12-10-5-8(9-6-16-4-3-13-9)14-11(15-10)7-1-2-7/h5,7,9,13H,1-4,6H2,(H2,12,14,15). The van der Waals surface area contributed by atoms with E-state index in [1.807, 2.05) is 6.07 Å². The summed E-state index contributed by atoms with van der Waals surface area (Å²) < 4.78 is 5.43. The van der Waals surface area contributed by atoms with E-state index >= 15 is 0 Å². The van der Waals surface area contributed by atoms with Crippen molar-refractivity contribution in [3.63, 3.8) is 0 Å². The minimum absolute atomic E-state index is 0.163. The maximum absolute atomic E-state index is 5.81. The Morgan fingerprint density at radius 1 is 1.38 bits per heavy atom. The predicted molar refractivity (Wildman–Crippen MR) is 60.0 cm³/mol. The Hall–Kier alpha value is -1.20. The SMILES string of the molecule is Nc1cc(C2COCCN2)nc(C2CC2)n1. The number of nitrogens with one attached hydrogen (secondary N) is 1. The Morgan fingerprint density at radius 3 is 2.94 bits per heavy atom. The molecule has 2 fully saturated rings. The molecule has 3 rings (SSSR count). The molecule has 1 saturated carbocycles. The number of morpholine rings is 1. The van der Waals surface area contributed by atoms with Crippen LogP contribution < -0.4 is 11.1 Å². The number of hydrogen-bond acceptors (Lipinski definition) is 5. The molecule has 5 nitrogen and oxygen atoms in total. The van der Waals surface area contributed by atoms with Gasteiger partial charge in [-0.25, -0.2) is 9.97 Å². The first-order chi connectivity index (χ1) is 7.83. The van der Waals surface area contributed by atoms with Gasteiger partial charge in [0.05, 0.1) is 24.9 Å². The molecule has 1 aliphatic carbocycles. The minimum Gasteiger partial charge on any atom is -0.384 e. The van der Waals surface area contributed by atoms with E-state index in [1.54, 1.807) is 0 Å². The van der Waals surface area contributed by atoms with Crippen molar-refractivity contribution in [1.29, 1.82) is 0 Å². The van der Waals surface area contributed by atoms with Crippen LogP contribution in [0.5, 0.6) is 0 Å². The van der Waals surface area contributed by atoms with E-state index in [9.17, 15) is 0 Å². The highest BCUT2D eigenvalue weighted by Crippen LogP contribution is 2.38. The maximum Gasteiger partial charge on any atom is 0.134 e. The molecule has 1 unspecified atom stereocenters. The van der Waals surface area contributed by atoms with Gasteiger partial charge in [0.1, 0.15) is 11.6 Å². The first kappa shape index (κ1) is 9.99. The van der Waals surface area contributed by atoms with Gasteiger partial charge in [0.2, 0.25) is 0 Å². The van der Waals surface area contributed by atoms with Crippen LogP contribution in [0, 0.1) is 0 Å². The lowest BCUT2D eigenvalue weighted by Crippen LogP contribution is -2.35. The smallest absolute Gasteiger partial charge is 0.134 e. The van der Waals surface area contributed by atoms with Crippen molar-refractivity contribution >= 4 is 5.82 Å². The second-order valence-corrected chi connectivity index (χ2v) is 4.43. The lowest BCUT2D eigenvalue weighted by Gasteiger charge is -2.23. The van der Waals surface area contributed by atoms with Gasteiger partial charge < -0.3 is 15.8 Å². The molecule has 0 radical (unpaired) electrons. The lowest BCUT2D eigenvalue weighted by atomic mass is 10.2. The third-order valence-electron chi connectivity index (χ3n) is 3.00. The highest BCUT2D eigenvalue weighted by atomic mass is 16.5. The van der Waals surface area contributed by atoms with E-state index in [1.165, 1.54) is 12.8 Å². The monoisotopic (exact) mass is 220 g/mol. The summed E-state index contributed by atoms with van der Waals surface area (Å²) in [5.41, 5.74) is 6.78. The molecule has 1 aromatic heterocycles. The van der Waals surface area contributed by atoms with Crippen LogP contribution in [0.4, 0.5) is 5.82 Å². The summed E-state index contributed by atoms with van der Waals surface area (Å²) in [5, 5.41) is 3.38. The molecule has 1 aliphatic heterocycles. The van der Waals surface area contributed by atoms with Gasteiger partial charge in [-0.05, 0) is 12.8 Å². The quantitative estimate of drug-likeness (QED) is 0.763. The van der Waals surface area contributed by atoms with Gasteiger partial charge >= 0.3 is 0 Å². The normalized spacial score (nSPS) is 25.6. The Bertz CT molecular complexity index is 386. The number of rotatable bonds is 2. The highest BCUT2D eigenvalue weighted by molar-refractivity contribution is 5.32. The molecule has 3 N–H and O–H groups in total. The summed E-state index contributed by atoms with van der Waals surface area (Å²) in [7, 11) is 0. The zero-order valence-electron chi connectivity index (χ0n) is 9.15. The van der Waals surface area contributed by atoms with Gasteiger partial charge in [-0.15, -0.1) is 0 Å². The van der Waals surface area contributed by atoms with E-state index in [-0.39, 0.29) is 6.04 Å². The summed E-state index contributed by atoms with van der Waals surface area (Å²) in [6.45, 7) is 2.31. The first-order valence-electron chi connectivity index (χ1n) is 5.78. The number of aromatic nitrogens is 2. The first-order valence-corrected chi connectivity index (χ1v) is 5.78. The zero-order valence-corrected chi connectivity index (χ0v) is 9.15. The molecule has 5 heteroatoms. The molecular formula is C11H16N4O. The number of ether oxygens (including phenoxy) is 1. The van der Waals surface area contributed by atoms with E-state index in [0.717, 1.165) is 24.7 Å². The van der Waals surface area contributed by atoms with Crippen molar-refractivity contribution < 1.29 is 4.74 Å². The summed E-state index contributed by atoms with van der Waals surface area (Å²) in [4.78, 5) is 8.87. The van der Waals surface area contributed by atoms with Crippen molar-refractivity contribution in [1.82, 2.24) is 15.3 Å². The van der Waals surface area contributed by atoms with Crippen LogP contribution in [0.15, 0.2) is 6.07 Å². The average molecular weight is 220 g/mol.